The van der Waals surface area contributed by atoms with Gasteiger partial charge in [0.25, 0.3) is 5.69 Å². The fourth-order valence-electron chi connectivity index (χ4n) is 3.00. The second-order valence-corrected chi connectivity index (χ2v) is 5.78. The molecule has 0 aliphatic heterocycles. The third kappa shape index (κ3) is 3.94. The summed E-state index contributed by atoms with van der Waals surface area (Å²) in [6.07, 6.45) is 6.11. The Morgan fingerprint density at radius 3 is 2.57 bits per heavy atom. The number of hydrogen-bond donors (Lipinski definition) is 1. The first-order valence-electron chi connectivity index (χ1n) is 7.56. The number of nitrogens with one attached hydrogen (secondary N) is 1. The number of nitrogens with zero attached hydrogens (tertiary/aromatic N) is 2. The van der Waals surface area contributed by atoms with E-state index in [0.717, 1.165) is 12.5 Å². The van der Waals surface area contributed by atoms with Crippen LogP contribution in [0.2, 0.25) is 0 Å². The molecule has 1 N–H and O–H groups in total. The Morgan fingerprint density at radius 2 is 2.00 bits per heavy atom. The summed E-state index contributed by atoms with van der Waals surface area (Å²) in [5.41, 5.74) is 0.936. The number of nitro groups is 1. The van der Waals surface area contributed by atoms with Gasteiger partial charge in [-0.1, -0.05) is 26.2 Å². The highest BCUT2D eigenvalue weighted by Gasteiger charge is 2.21. The summed E-state index contributed by atoms with van der Waals surface area (Å²) in [5.74, 6) is 1.41. The summed E-state index contributed by atoms with van der Waals surface area (Å²) in [6, 6.07) is 6.47. The first kappa shape index (κ1) is 15.3. The maximum atomic E-state index is 11.0. The highest BCUT2D eigenvalue weighted by atomic mass is 16.6. The van der Waals surface area contributed by atoms with Crippen LogP contribution in [0.5, 0.6) is 0 Å². The van der Waals surface area contributed by atoms with Crippen LogP contribution in [0.1, 0.15) is 44.6 Å². The molecule has 0 spiro atoms. The van der Waals surface area contributed by atoms with E-state index in [-0.39, 0.29) is 5.69 Å². The number of benzene rings is 1. The third-order valence-electron chi connectivity index (χ3n) is 4.45. The fourth-order valence-corrected chi connectivity index (χ4v) is 3.00. The molecule has 21 heavy (non-hydrogen) atoms. The monoisotopic (exact) mass is 287 g/mol. The quantitative estimate of drug-likeness (QED) is 0.653. The van der Waals surface area contributed by atoms with Crippen molar-refractivity contribution in [3.05, 3.63) is 33.9 Å². The van der Waals surface area contributed by atoms with E-state index < -0.39 is 4.92 Å². The predicted molar refractivity (Wildman–Crippen MR) is 82.0 cm³/mol. The summed E-state index contributed by atoms with van der Waals surface area (Å²) in [5, 5.41) is 23.1. The Balaban J connectivity index is 1.99. The molecule has 1 aliphatic rings. The van der Waals surface area contributed by atoms with Gasteiger partial charge in [-0.05, 0) is 36.8 Å². The molecule has 1 aliphatic carbocycles. The van der Waals surface area contributed by atoms with Gasteiger partial charge in [0, 0.05) is 12.6 Å². The lowest BCUT2D eigenvalue weighted by Crippen LogP contribution is -2.21. The van der Waals surface area contributed by atoms with E-state index in [4.69, 9.17) is 5.26 Å². The van der Waals surface area contributed by atoms with Crippen LogP contribution >= 0.6 is 0 Å². The van der Waals surface area contributed by atoms with E-state index >= 15 is 0 Å². The lowest BCUT2D eigenvalue weighted by atomic mass is 9.81. The van der Waals surface area contributed by atoms with Crippen molar-refractivity contribution in [3.63, 3.8) is 0 Å². The number of nitriles is 1. The molecule has 0 radical (unpaired) electrons. The van der Waals surface area contributed by atoms with E-state index in [2.05, 4.69) is 12.2 Å². The van der Waals surface area contributed by atoms with Crippen LogP contribution in [-0.2, 0) is 0 Å². The minimum absolute atomic E-state index is 0.0382. The van der Waals surface area contributed by atoms with Gasteiger partial charge in [0.05, 0.1) is 16.6 Å². The Kier molecular flexibility index (Phi) is 5.15. The van der Waals surface area contributed by atoms with E-state index in [0.29, 0.717) is 17.2 Å². The van der Waals surface area contributed by atoms with Gasteiger partial charge >= 0.3 is 0 Å². The first-order chi connectivity index (χ1) is 10.1. The van der Waals surface area contributed by atoms with Crippen molar-refractivity contribution in [1.82, 2.24) is 0 Å². The average molecular weight is 287 g/mol. The molecule has 0 atom stereocenters. The van der Waals surface area contributed by atoms with Crippen molar-refractivity contribution < 1.29 is 4.92 Å². The summed E-state index contributed by atoms with van der Waals surface area (Å²) >= 11 is 0. The fraction of sp³-hybridized carbons (Fsp3) is 0.562. The maximum absolute atomic E-state index is 11.0. The maximum Gasteiger partial charge on any atom is 0.292 e. The number of anilines is 1. The minimum atomic E-state index is -0.405. The topological polar surface area (TPSA) is 79.0 Å². The molecule has 0 amide bonds. The average Bonchev–Trinajstić information content (AvgIpc) is 2.52. The molecular formula is C16H21N3O2. The van der Waals surface area contributed by atoms with Gasteiger partial charge in [0.15, 0.2) is 0 Å². The van der Waals surface area contributed by atoms with Gasteiger partial charge in [0.1, 0.15) is 5.69 Å². The van der Waals surface area contributed by atoms with E-state index in [1.165, 1.54) is 44.2 Å². The molecule has 5 nitrogen and oxygen atoms in total. The minimum Gasteiger partial charge on any atom is -0.379 e. The number of rotatable bonds is 5. The molecule has 1 aromatic rings. The van der Waals surface area contributed by atoms with E-state index in [1.807, 2.05) is 6.07 Å². The van der Waals surface area contributed by atoms with Crippen LogP contribution in [-0.4, -0.2) is 11.5 Å². The second-order valence-electron chi connectivity index (χ2n) is 5.78. The largest absolute Gasteiger partial charge is 0.379 e. The van der Waals surface area contributed by atoms with Crippen LogP contribution in [0.15, 0.2) is 18.2 Å². The van der Waals surface area contributed by atoms with Crippen molar-refractivity contribution >= 4 is 11.4 Å². The molecule has 0 bridgehead atoms. The summed E-state index contributed by atoms with van der Waals surface area (Å²) < 4.78 is 0. The van der Waals surface area contributed by atoms with Gasteiger partial charge in [-0.25, -0.2) is 0 Å². The second kappa shape index (κ2) is 7.07. The van der Waals surface area contributed by atoms with Crippen molar-refractivity contribution in [2.75, 3.05) is 11.9 Å². The first-order valence-corrected chi connectivity index (χ1v) is 7.56. The molecule has 5 heteroatoms. The number of nitro benzene ring substituents is 1. The SMILES string of the molecule is CCC1CCC(CNc2cc(C#N)ccc2[N+](=O)[O-])CC1. The Hall–Kier alpha value is -2.09. The van der Waals surface area contributed by atoms with Crippen molar-refractivity contribution in [3.8, 4) is 6.07 Å². The Labute approximate surface area is 125 Å². The van der Waals surface area contributed by atoms with Crippen LogP contribution in [0.4, 0.5) is 11.4 Å². The number of hydrogen-bond acceptors (Lipinski definition) is 4. The van der Waals surface area contributed by atoms with Crippen molar-refractivity contribution in [1.29, 1.82) is 5.26 Å². The van der Waals surface area contributed by atoms with Crippen LogP contribution in [0, 0.1) is 33.3 Å². The van der Waals surface area contributed by atoms with Crippen LogP contribution < -0.4 is 5.32 Å². The molecule has 0 unspecified atom stereocenters. The van der Waals surface area contributed by atoms with Crippen molar-refractivity contribution in [2.24, 2.45) is 11.8 Å². The summed E-state index contributed by atoms with van der Waals surface area (Å²) in [4.78, 5) is 10.6. The zero-order chi connectivity index (χ0) is 15.2. The molecule has 1 fully saturated rings. The molecular weight excluding hydrogens is 266 g/mol. The van der Waals surface area contributed by atoms with Gasteiger partial charge in [-0.15, -0.1) is 0 Å². The standard InChI is InChI=1S/C16H21N3O2/c1-2-12-3-5-13(6-4-12)11-18-15-9-14(10-17)7-8-16(15)19(20)21/h7-9,12-13,18H,2-6,11H2,1H3. The van der Waals surface area contributed by atoms with Gasteiger partial charge < -0.3 is 5.32 Å². The molecule has 1 saturated carbocycles. The summed E-state index contributed by atoms with van der Waals surface area (Å²) in [7, 11) is 0. The lowest BCUT2D eigenvalue weighted by molar-refractivity contribution is -0.384. The smallest absolute Gasteiger partial charge is 0.292 e. The molecule has 2 rings (SSSR count). The van der Waals surface area contributed by atoms with E-state index in [9.17, 15) is 10.1 Å². The highest BCUT2D eigenvalue weighted by molar-refractivity contribution is 5.64. The van der Waals surface area contributed by atoms with Crippen molar-refractivity contribution in [2.45, 2.75) is 39.0 Å². The Morgan fingerprint density at radius 1 is 1.33 bits per heavy atom. The van der Waals surface area contributed by atoms with Crippen LogP contribution in [0.25, 0.3) is 0 Å². The third-order valence-corrected chi connectivity index (χ3v) is 4.45. The molecule has 112 valence electrons. The van der Waals surface area contributed by atoms with Gasteiger partial charge in [0.2, 0.25) is 0 Å². The van der Waals surface area contributed by atoms with Crippen LogP contribution in [0.3, 0.4) is 0 Å². The summed E-state index contributed by atoms with van der Waals surface area (Å²) in [6.45, 7) is 2.98. The van der Waals surface area contributed by atoms with Gasteiger partial charge in [-0.2, -0.15) is 5.26 Å². The van der Waals surface area contributed by atoms with Gasteiger partial charge in [-0.3, -0.25) is 10.1 Å². The normalized spacial score (nSPS) is 21.5. The molecule has 0 aromatic heterocycles. The molecule has 0 heterocycles. The molecule has 0 saturated heterocycles. The zero-order valence-corrected chi connectivity index (χ0v) is 12.3. The zero-order valence-electron chi connectivity index (χ0n) is 12.3. The van der Waals surface area contributed by atoms with E-state index in [1.54, 1.807) is 6.07 Å². The highest BCUT2D eigenvalue weighted by Crippen LogP contribution is 2.32. The Bertz CT molecular complexity index is 543. The predicted octanol–water partition coefficient (Wildman–Crippen LogP) is 4.09. The lowest BCUT2D eigenvalue weighted by Gasteiger charge is -2.28. The molecule has 1 aromatic carbocycles.